The molecule has 1 fully saturated rings. The summed E-state index contributed by atoms with van der Waals surface area (Å²) in [5.41, 5.74) is 2.33. The van der Waals surface area contributed by atoms with E-state index in [9.17, 15) is 4.79 Å². The molecule has 104 valence electrons. The van der Waals surface area contributed by atoms with E-state index in [2.05, 4.69) is 22.8 Å². The number of amides is 1. The first-order valence-corrected chi connectivity index (χ1v) is 6.93. The lowest BCUT2D eigenvalue weighted by molar-refractivity contribution is -0.128. The Morgan fingerprint density at radius 1 is 1.37 bits per heavy atom. The van der Waals surface area contributed by atoms with Gasteiger partial charge < -0.3 is 15.5 Å². The van der Waals surface area contributed by atoms with E-state index >= 15 is 0 Å². The molecule has 0 saturated carbocycles. The second kappa shape index (κ2) is 6.57. The number of carbonyl (C=O) groups is 1. The highest BCUT2D eigenvalue weighted by Gasteiger charge is 2.14. The Morgan fingerprint density at radius 2 is 2.05 bits per heavy atom. The zero-order valence-corrected chi connectivity index (χ0v) is 11.8. The highest BCUT2D eigenvalue weighted by Crippen LogP contribution is 2.20. The van der Waals surface area contributed by atoms with Crippen molar-refractivity contribution in [2.75, 3.05) is 25.5 Å². The van der Waals surface area contributed by atoms with Crippen molar-refractivity contribution < 1.29 is 4.79 Å². The fourth-order valence-corrected chi connectivity index (χ4v) is 2.35. The molecule has 1 amide bonds. The van der Waals surface area contributed by atoms with Crippen LogP contribution in [0.5, 0.6) is 0 Å². The Hall–Kier alpha value is -1.55. The first kappa shape index (κ1) is 13.9. The third-order valence-corrected chi connectivity index (χ3v) is 3.66. The quantitative estimate of drug-likeness (QED) is 0.869. The van der Waals surface area contributed by atoms with Crippen molar-refractivity contribution in [3.05, 3.63) is 29.8 Å². The maximum absolute atomic E-state index is 11.3. The smallest absolute Gasteiger partial charge is 0.219 e. The first-order chi connectivity index (χ1) is 9.16. The number of piperidine rings is 1. The molecule has 1 heterocycles. The molecule has 0 spiro atoms. The second-order valence-electron chi connectivity index (χ2n) is 5.20. The van der Waals surface area contributed by atoms with Crippen LogP contribution in [0.2, 0.25) is 0 Å². The summed E-state index contributed by atoms with van der Waals surface area (Å²) in [5, 5.41) is 6.99. The summed E-state index contributed by atoms with van der Waals surface area (Å²) in [4.78, 5) is 13.1. The zero-order chi connectivity index (χ0) is 13.7. The summed E-state index contributed by atoms with van der Waals surface area (Å²) in [6.45, 7) is 4.41. The van der Waals surface area contributed by atoms with Gasteiger partial charge in [-0.15, -0.1) is 0 Å². The fourth-order valence-electron chi connectivity index (χ4n) is 2.35. The maximum atomic E-state index is 11.3. The van der Waals surface area contributed by atoms with Crippen LogP contribution in [-0.4, -0.2) is 37.0 Å². The van der Waals surface area contributed by atoms with Gasteiger partial charge in [0.1, 0.15) is 0 Å². The predicted octanol–water partition coefficient (Wildman–Crippen LogP) is 1.83. The van der Waals surface area contributed by atoms with Gasteiger partial charge in [0.25, 0.3) is 0 Å². The average molecular weight is 261 g/mol. The zero-order valence-electron chi connectivity index (χ0n) is 11.8. The van der Waals surface area contributed by atoms with Crippen molar-refractivity contribution >= 4 is 11.6 Å². The van der Waals surface area contributed by atoms with Crippen LogP contribution in [0.3, 0.4) is 0 Å². The molecule has 1 aliphatic heterocycles. The molecule has 1 aromatic carbocycles. The number of para-hydroxylation sites is 1. The van der Waals surface area contributed by atoms with Crippen LogP contribution >= 0.6 is 0 Å². The van der Waals surface area contributed by atoms with Gasteiger partial charge in [0.05, 0.1) is 0 Å². The number of hydrogen-bond donors (Lipinski definition) is 2. The minimum atomic E-state index is 0.0941. The van der Waals surface area contributed by atoms with Gasteiger partial charge in [0.15, 0.2) is 0 Å². The number of nitrogens with zero attached hydrogens (tertiary/aromatic N) is 1. The normalized spacial score (nSPS) is 16.1. The second-order valence-corrected chi connectivity index (χ2v) is 5.20. The molecular formula is C15H23N3O. The van der Waals surface area contributed by atoms with E-state index in [0.717, 1.165) is 31.6 Å². The summed E-state index contributed by atoms with van der Waals surface area (Å²) in [5.74, 6) is 0.0941. The number of benzene rings is 1. The summed E-state index contributed by atoms with van der Waals surface area (Å²) in [6.07, 6.45) is 2.30. The van der Waals surface area contributed by atoms with Crippen molar-refractivity contribution in [2.24, 2.45) is 0 Å². The molecule has 0 radical (unpaired) electrons. The van der Waals surface area contributed by atoms with Crippen LogP contribution < -0.4 is 10.6 Å². The Balaban J connectivity index is 2.04. The lowest BCUT2D eigenvalue weighted by Gasteiger charge is -2.26. The van der Waals surface area contributed by atoms with E-state index in [1.807, 2.05) is 19.2 Å². The molecule has 1 saturated heterocycles. The minimum Gasteiger partial charge on any atom is -0.382 e. The number of anilines is 1. The first-order valence-electron chi connectivity index (χ1n) is 6.93. The number of nitrogens with one attached hydrogen (secondary N) is 2. The largest absolute Gasteiger partial charge is 0.382 e. The Labute approximate surface area is 115 Å². The summed E-state index contributed by atoms with van der Waals surface area (Å²) in [7, 11) is 1.84. The number of carbonyl (C=O) groups excluding carboxylic acids is 1. The molecule has 0 bridgehead atoms. The van der Waals surface area contributed by atoms with E-state index in [4.69, 9.17) is 0 Å². The molecule has 0 atom stereocenters. The SMILES string of the molecule is CC(=O)N(C)Cc1ccccc1NC1CCNCC1. The third-order valence-electron chi connectivity index (χ3n) is 3.66. The molecule has 4 heteroatoms. The topological polar surface area (TPSA) is 44.4 Å². The van der Waals surface area contributed by atoms with Gasteiger partial charge in [-0.3, -0.25) is 4.79 Å². The van der Waals surface area contributed by atoms with Crippen molar-refractivity contribution in [2.45, 2.75) is 32.4 Å². The molecule has 2 rings (SSSR count). The van der Waals surface area contributed by atoms with Crippen LogP contribution in [0, 0.1) is 0 Å². The highest BCUT2D eigenvalue weighted by molar-refractivity contribution is 5.73. The van der Waals surface area contributed by atoms with E-state index < -0.39 is 0 Å². The molecule has 1 aromatic rings. The predicted molar refractivity (Wildman–Crippen MR) is 78.1 cm³/mol. The molecule has 1 aliphatic rings. The minimum absolute atomic E-state index is 0.0941. The molecule has 0 unspecified atom stereocenters. The van der Waals surface area contributed by atoms with Crippen molar-refractivity contribution in [1.82, 2.24) is 10.2 Å². The Kier molecular flexibility index (Phi) is 4.80. The molecular weight excluding hydrogens is 238 g/mol. The van der Waals surface area contributed by atoms with Crippen LogP contribution in [0.25, 0.3) is 0 Å². The highest BCUT2D eigenvalue weighted by atomic mass is 16.2. The van der Waals surface area contributed by atoms with Gasteiger partial charge in [-0.2, -0.15) is 0 Å². The van der Waals surface area contributed by atoms with Crippen molar-refractivity contribution in [3.8, 4) is 0 Å². The van der Waals surface area contributed by atoms with Crippen LogP contribution in [-0.2, 0) is 11.3 Å². The van der Waals surface area contributed by atoms with Gasteiger partial charge >= 0.3 is 0 Å². The number of hydrogen-bond acceptors (Lipinski definition) is 3. The third kappa shape index (κ3) is 3.96. The Bertz CT molecular complexity index is 427. The molecule has 4 nitrogen and oxygen atoms in total. The van der Waals surface area contributed by atoms with Crippen LogP contribution in [0.15, 0.2) is 24.3 Å². The lowest BCUT2D eigenvalue weighted by Crippen LogP contribution is -2.35. The summed E-state index contributed by atoms with van der Waals surface area (Å²) >= 11 is 0. The Morgan fingerprint density at radius 3 is 2.74 bits per heavy atom. The lowest BCUT2D eigenvalue weighted by atomic mass is 10.0. The maximum Gasteiger partial charge on any atom is 0.219 e. The monoisotopic (exact) mass is 261 g/mol. The van der Waals surface area contributed by atoms with E-state index in [-0.39, 0.29) is 5.91 Å². The fraction of sp³-hybridized carbons (Fsp3) is 0.533. The van der Waals surface area contributed by atoms with Gasteiger partial charge in [-0.1, -0.05) is 18.2 Å². The number of rotatable bonds is 4. The van der Waals surface area contributed by atoms with Crippen LogP contribution in [0.4, 0.5) is 5.69 Å². The molecule has 2 N–H and O–H groups in total. The molecule has 0 aliphatic carbocycles. The van der Waals surface area contributed by atoms with E-state index in [1.165, 1.54) is 5.56 Å². The van der Waals surface area contributed by atoms with Crippen molar-refractivity contribution in [3.63, 3.8) is 0 Å². The molecule has 0 aromatic heterocycles. The van der Waals surface area contributed by atoms with Crippen LogP contribution in [0.1, 0.15) is 25.3 Å². The summed E-state index contributed by atoms with van der Waals surface area (Å²) < 4.78 is 0. The van der Waals surface area contributed by atoms with Gasteiger partial charge in [0.2, 0.25) is 5.91 Å². The molecule has 19 heavy (non-hydrogen) atoms. The average Bonchev–Trinajstić information content (AvgIpc) is 2.42. The van der Waals surface area contributed by atoms with Gasteiger partial charge in [0, 0.05) is 32.2 Å². The van der Waals surface area contributed by atoms with Gasteiger partial charge in [-0.25, -0.2) is 0 Å². The van der Waals surface area contributed by atoms with Gasteiger partial charge in [-0.05, 0) is 37.6 Å². The summed E-state index contributed by atoms with van der Waals surface area (Å²) in [6, 6.07) is 8.79. The van der Waals surface area contributed by atoms with E-state index in [0.29, 0.717) is 12.6 Å². The van der Waals surface area contributed by atoms with Crippen molar-refractivity contribution in [1.29, 1.82) is 0 Å². The van der Waals surface area contributed by atoms with E-state index in [1.54, 1.807) is 11.8 Å². The standard InChI is InChI=1S/C15H23N3O/c1-12(19)18(2)11-13-5-3-4-6-15(13)17-14-7-9-16-10-8-14/h3-6,14,16-17H,7-11H2,1-2H3.